The molecular weight excluding hydrogens is 410 g/mol. The second-order valence-electron chi connectivity index (χ2n) is 7.25. The molecule has 0 saturated carbocycles. The third-order valence-corrected chi connectivity index (χ3v) is 6.06. The fraction of sp³-hybridized carbons (Fsp3) is 0.208. The molecule has 1 amide bonds. The third-order valence-electron chi connectivity index (χ3n) is 4.97. The van der Waals surface area contributed by atoms with Crippen molar-refractivity contribution in [1.82, 2.24) is 14.9 Å². The molecule has 0 aliphatic heterocycles. The van der Waals surface area contributed by atoms with E-state index in [0.717, 1.165) is 32.3 Å². The Kier molecular flexibility index (Phi) is 6.13. The third kappa shape index (κ3) is 4.83. The van der Waals surface area contributed by atoms with Gasteiger partial charge in [0, 0.05) is 30.0 Å². The quantitative estimate of drug-likeness (QED) is 0.443. The number of thiazole rings is 1. The SMILES string of the molecule is Cc1ccc(C)n1-c1ccc(C(=O)OCC(=O)NCCc2nc3ccccc3s2)cc1. The van der Waals surface area contributed by atoms with E-state index >= 15 is 0 Å². The fourth-order valence-corrected chi connectivity index (χ4v) is 4.39. The Hall–Kier alpha value is -3.45. The molecule has 0 unspecified atom stereocenters. The van der Waals surface area contributed by atoms with Crippen LogP contribution in [0.3, 0.4) is 0 Å². The standard InChI is InChI=1S/C24H23N3O3S/c1-16-7-8-17(2)27(16)19-11-9-18(10-12-19)24(29)30-15-22(28)25-14-13-23-26-20-5-3-4-6-21(20)31-23/h3-12H,13-15H2,1-2H3,(H,25,28). The van der Waals surface area contributed by atoms with E-state index in [9.17, 15) is 9.59 Å². The first-order chi connectivity index (χ1) is 15.0. The number of aryl methyl sites for hydroxylation is 2. The number of esters is 1. The van der Waals surface area contributed by atoms with Crippen molar-refractivity contribution in [2.24, 2.45) is 0 Å². The monoisotopic (exact) mass is 433 g/mol. The molecule has 0 aliphatic rings. The van der Waals surface area contributed by atoms with Crippen LogP contribution in [0.2, 0.25) is 0 Å². The molecule has 0 bridgehead atoms. The zero-order valence-corrected chi connectivity index (χ0v) is 18.2. The van der Waals surface area contributed by atoms with Gasteiger partial charge in [-0.3, -0.25) is 4.79 Å². The number of nitrogens with zero attached hydrogens (tertiary/aromatic N) is 2. The lowest BCUT2D eigenvalue weighted by Gasteiger charge is -2.10. The molecule has 1 N–H and O–H groups in total. The molecule has 2 heterocycles. The summed E-state index contributed by atoms with van der Waals surface area (Å²) in [5.41, 5.74) is 4.60. The number of rotatable bonds is 7. The van der Waals surface area contributed by atoms with Crippen LogP contribution < -0.4 is 5.32 Å². The molecular formula is C24H23N3O3S. The van der Waals surface area contributed by atoms with E-state index in [0.29, 0.717) is 18.5 Å². The minimum atomic E-state index is -0.520. The predicted octanol–water partition coefficient (Wildman–Crippen LogP) is 4.22. The number of carbonyl (C=O) groups is 2. The van der Waals surface area contributed by atoms with Crippen molar-refractivity contribution in [2.45, 2.75) is 20.3 Å². The van der Waals surface area contributed by atoms with Crippen molar-refractivity contribution in [1.29, 1.82) is 0 Å². The minimum absolute atomic E-state index is 0.309. The van der Waals surface area contributed by atoms with E-state index in [1.165, 1.54) is 0 Å². The summed E-state index contributed by atoms with van der Waals surface area (Å²) in [5.74, 6) is -0.849. The fourth-order valence-electron chi connectivity index (χ4n) is 3.42. The van der Waals surface area contributed by atoms with Crippen LogP contribution in [0.25, 0.3) is 15.9 Å². The Morgan fingerprint density at radius 3 is 2.42 bits per heavy atom. The molecule has 2 aromatic heterocycles. The van der Waals surface area contributed by atoms with Gasteiger partial charge in [0.05, 0.1) is 20.8 Å². The lowest BCUT2D eigenvalue weighted by atomic mass is 10.2. The molecule has 158 valence electrons. The summed E-state index contributed by atoms with van der Waals surface area (Å²) in [6.45, 7) is 4.20. The number of amides is 1. The van der Waals surface area contributed by atoms with Crippen LogP contribution in [0.1, 0.15) is 26.8 Å². The van der Waals surface area contributed by atoms with Crippen LogP contribution >= 0.6 is 11.3 Å². The number of fused-ring (bicyclic) bond motifs is 1. The minimum Gasteiger partial charge on any atom is -0.452 e. The zero-order chi connectivity index (χ0) is 21.8. The average molecular weight is 434 g/mol. The molecule has 2 aromatic carbocycles. The Morgan fingerprint density at radius 1 is 1.00 bits per heavy atom. The summed E-state index contributed by atoms with van der Waals surface area (Å²) in [4.78, 5) is 28.8. The summed E-state index contributed by atoms with van der Waals surface area (Å²) in [6.07, 6.45) is 0.638. The topological polar surface area (TPSA) is 73.2 Å². The number of para-hydroxylation sites is 1. The maximum Gasteiger partial charge on any atom is 0.338 e. The molecule has 0 radical (unpaired) electrons. The maximum absolute atomic E-state index is 12.3. The highest BCUT2D eigenvalue weighted by atomic mass is 32.1. The summed E-state index contributed by atoms with van der Waals surface area (Å²) >= 11 is 1.62. The van der Waals surface area contributed by atoms with Crippen molar-refractivity contribution in [3.63, 3.8) is 0 Å². The molecule has 0 spiro atoms. The van der Waals surface area contributed by atoms with Gasteiger partial charge in [-0.2, -0.15) is 0 Å². The van der Waals surface area contributed by atoms with Crippen molar-refractivity contribution >= 4 is 33.4 Å². The Balaban J connectivity index is 1.25. The number of aromatic nitrogens is 2. The second kappa shape index (κ2) is 9.14. The molecule has 4 aromatic rings. The van der Waals surface area contributed by atoms with Crippen molar-refractivity contribution < 1.29 is 14.3 Å². The zero-order valence-electron chi connectivity index (χ0n) is 17.4. The van der Waals surface area contributed by atoms with Crippen molar-refractivity contribution in [2.75, 3.05) is 13.2 Å². The highest BCUT2D eigenvalue weighted by molar-refractivity contribution is 7.18. The Labute approximate surface area is 184 Å². The molecule has 31 heavy (non-hydrogen) atoms. The van der Waals surface area contributed by atoms with Gasteiger partial charge >= 0.3 is 5.97 Å². The van der Waals surface area contributed by atoms with Gasteiger partial charge in [-0.25, -0.2) is 9.78 Å². The first-order valence-corrected chi connectivity index (χ1v) is 10.9. The first-order valence-electron chi connectivity index (χ1n) is 10.0. The van der Waals surface area contributed by atoms with E-state index < -0.39 is 5.97 Å². The molecule has 7 heteroatoms. The molecule has 0 atom stereocenters. The summed E-state index contributed by atoms with van der Waals surface area (Å²) in [7, 11) is 0. The van der Waals surface area contributed by atoms with Crippen LogP contribution in [-0.4, -0.2) is 34.6 Å². The number of hydrogen-bond donors (Lipinski definition) is 1. The van der Waals surface area contributed by atoms with Crippen LogP contribution in [-0.2, 0) is 16.0 Å². The molecule has 0 fully saturated rings. The predicted molar refractivity (Wildman–Crippen MR) is 122 cm³/mol. The second-order valence-corrected chi connectivity index (χ2v) is 8.36. The van der Waals surface area contributed by atoms with E-state index in [2.05, 4.69) is 14.9 Å². The molecule has 0 saturated heterocycles. The first kappa shape index (κ1) is 20.8. The normalized spacial score (nSPS) is 10.9. The van der Waals surface area contributed by atoms with E-state index in [-0.39, 0.29) is 12.5 Å². The van der Waals surface area contributed by atoms with E-state index in [1.807, 2.05) is 62.4 Å². The van der Waals surface area contributed by atoms with Gasteiger partial charge in [0.2, 0.25) is 0 Å². The lowest BCUT2D eigenvalue weighted by molar-refractivity contribution is -0.124. The Bertz CT molecular complexity index is 1170. The van der Waals surface area contributed by atoms with E-state index in [1.54, 1.807) is 23.5 Å². The average Bonchev–Trinajstić information content (AvgIpc) is 3.34. The van der Waals surface area contributed by atoms with E-state index in [4.69, 9.17) is 4.74 Å². The summed E-state index contributed by atoms with van der Waals surface area (Å²) in [5, 5.41) is 3.73. The van der Waals surface area contributed by atoms with Gasteiger partial charge in [0.15, 0.2) is 6.61 Å². The number of carbonyl (C=O) groups excluding carboxylic acids is 2. The van der Waals surface area contributed by atoms with Crippen molar-refractivity contribution in [3.8, 4) is 5.69 Å². The van der Waals surface area contributed by atoms with Gasteiger partial charge in [0.1, 0.15) is 0 Å². The highest BCUT2D eigenvalue weighted by Crippen LogP contribution is 2.21. The number of hydrogen-bond acceptors (Lipinski definition) is 5. The van der Waals surface area contributed by atoms with Gasteiger partial charge in [0.25, 0.3) is 5.91 Å². The number of ether oxygens (including phenoxy) is 1. The van der Waals surface area contributed by atoms with Crippen LogP contribution in [0.15, 0.2) is 60.7 Å². The van der Waals surface area contributed by atoms with Gasteiger partial charge in [-0.1, -0.05) is 12.1 Å². The van der Waals surface area contributed by atoms with Crippen LogP contribution in [0.5, 0.6) is 0 Å². The van der Waals surface area contributed by atoms with Gasteiger partial charge in [-0.15, -0.1) is 11.3 Å². The van der Waals surface area contributed by atoms with Gasteiger partial charge in [-0.05, 0) is 62.4 Å². The van der Waals surface area contributed by atoms with Crippen molar-refractivity contribution in [3.05, 3.63) is 82.6 Å². The van der Waals surface area contributed by atoms with Gasteiger partial charge < -0.3 is 14.6 Å². The lowest BCUT2D eigenvalue weighted by Crippen LogP contribution is -2.30. The largest absolute Gasteiger partial charge is 0.452 e. The van der Waals surface area contributed by atoms with Crippen LogP contribution in [0, 0.1) is 13.8 Å². The molecule has 4 rings (SSSR count). The Morgan fingerprint density at radius 2 is 1.71 bits per heavy atom. The smallest absolute Gasteiger partial charge is 0.338 e. The van der Waals surface area contributed by atoms with Crippen LogP contribution in [0.4, 0.5) is 0 Å². The summed E-state index contributed by atoms with van der Waals surface area (Å²) in [6, 6.07) is 19.2. The number of benzene rings is 2. The molecule has 6 nitrogen and oxygen atoms in total. The highest BCUT2D eigenvalue weighted by Gasteiger charge is 2.12. The maximum atomic E-state index is 12.3. The summed E-state index contributed by atoms with van der Waals surface area (Å²) < 4.78 is 8.38. The number of nitrogens with one attached hydrogen (secondary N) is 1. The molecule has 0 aliphatic carbocycles.